The van der Waals surface area contributed by atoms with Crippen LogP contribution in [0.4, 0.5) is 0 Å². The molecule has 228 valence electrons. The summed E-state index contributed by atoms with van der Waals surface area (Å²) in [6.07, 6.45) is 0. The van der Waals surface area contributed by atoms with Crippen LogP contribution < -0.4 is 0 Å². The molecule has 0 spiro atoms. The van der Waals surface area contributed by atoms with E-state index in [9.17, 15) is 0 Å². The number of aromatic nitrogens is 4. The molecule has 0 aliphatic heterocycles. The largest absolute Gasteiger partial charge is 0.309 e. The smallest absolute Gasteiger partial charge is 0.0950 e. The number of rotatable bonds is 3. The lowest BCUT2D eigenvalue weighted by atomic mass is 10.1. The summed E-state index contributed by atoms with van der Waals surface area (Å²) in [5.41, 5.74) is 13.6. The summed E-state index contributed by atoms with van der Waals surface area (Å²) in [7, 11) is 0. The molecule has 0 atom stereocenters. The molecule has 7 aromatic carbocycles. The van der Waals surface area contributed by atoms with Crippen molar-refractivity contribution in [2.24, 2.45) is 0 Å². The minimum absolute atomic E-state index is 0.983. The Morgan fingerprint density at radius 2 is 0.878 bits per heavy atom. The summed E-state index contributed by atoms with van der Waals surface area (Å²) in [4.78, 5) is 5.22. The van der Waals surface area contributed by atoms with E-state index in [1.807, 2.05) is 0 Å². The van der Waals surface area contributed by atoms with Gasteiger partial charge in [-0.15, -0.1) is 0 Å². The number of fused-ring (bicyclic) bond motifs is 11. The molecule has 0 aliphatic carbocycles. The second-order valence-corrected chi connectivity index (χ2v) is 12.8. The van der Waals surface area contributed by atoms with Gasteiger partial charge in [0, 0.05) is 43.9 Å². The molecule has 11 rings (SSSR count). The fourth-order valence-corrected chi connectivity index (χ4v) is 8.06. The lowest BCUT2D eigenvalue weighted by molar-refractivity contribution is 1.17. The first-order chi connectivity index (χ1) is 24.3. The Kier molecular flexibility index (Phi) is 5.35. The van der Waals surface area contributed by atoms with E-state index >= 15 is 0 Å². The summed E-state index contributed by atoms with van der Waals surface area (Å²) in [5, 5.41) is 6.19. The van der Waals surface area contributed by atoms with Gasteiger partial charge in [0.2, 0.25) is 0 Å². The Balaban J connectivity index is 1.15. The summed E-state index contributed by atoms with van der Waals surface area (Å²) >= 11 is 0. The van der Waals surface area contributed by atoms with Gasteiger partial charge in [-0.3, -0.25) is 0 Å². The normalized spacial score (nSPS) is 12.1. The molecule has 0 saturated carbocycles. The van der Waals surface area contributed by atoms with Crippen LogP contribution in [0.2, 0.25) is 0 Å². The minimum Gasteiger partial charge on any atom is -0.309 e. The Bertz CT molecular complexity index is 3090. The molecule has 0 unspecified atom stereocenters. The predicted molar refractivity (Wildman–Crippen MR) is 204 cm³/mol. The highest BCUT2D eigenvalue weighted by molar-refractivity contribution is 6.19. The van der Waals surface area contributed by atoms with Gasteiger partial charge < -0.3 is 13.5 Å². The molecular weight excluding hydrogens is 597 g/mol. The van der Waals surface area contributed by atoms with E-state index in [-0.39, 0.29) is 0 Å². The van der Waals surface area contributed by atoms with Crippen LogP contribution in [0.15, 0.2) is 170 Å². The Morgan fingerprint density at radius 1 is 0.347 bits per heavy atom. The van der Waals surface area contributed by atoms with Crippen LogP contribution in [0.25, 0.3) is 93.7 Å². The van der Waals surface area contributed by atoms with E-state index in [0.717, 1.165) is 33.5 Å². The van der Waals surface area contributed by atoms with E-state index in [4.69, 9.17) is 4.98 Å². The number of hydrogen-bond donors (Lipinski definition) is 0. The van der Waals surface area contributed by atoms with Crippen molar-refractivity contribution in [1.82, 2.24) is 18.5 Å². The van der Waals surface area contributed by atoms with E-state index < -0.39 is 0 Å². The molecule has 11 aromatic rings. The van der Waals surface area contributed by atoms with Crippen LogP contribution in [0.5, 0.6) is 0 Å². The van der Waals surface area contributed by atoms with Gasteiger partial charge in [0.1, 0.15) is 0 Å². The van der Waals surface area contributed by atoms with Crippen LogP contribution in [0.3, 0.4) is 0 Å². The van der Waals surface area contributed by atoms with Crippen LogP contribution in [0, 0.1) is 0 Å². The van der Waals surface area contributed by atoms with Gasteiger partial charge in [-0.1, -0.05) is 97.1 Å². The molecule has 0 radical (unpaired) electrons. The quantitative estimate of drug-likeness (QED) is 0.192. The number of benzene rings is 7. The summed E-state index contributed by atoms with van der Waals surface area (Å²) in [6.45, 7) is 0. The monoisotopic (exact) mass is 624 g/mol. The highest BCUT2D eigenvalue weighted by atomic mass is 15.0. The summed E-state index contributed by atoms with van der Waals surface area (Å²) in [6, 6.07) is 61.2. The third-order valence-electron chi connectivity index (χ3n) is 10.2. The molecule has 0 aliphatic rings. The molecule has 0 bridgehead atoms. The van der Waals surface area contributed by atoms with Crippen molar-refractivity contribution in [2.75, 3.05) is 0 Å². The first-order valence-corrected chi connectivity index (χ1v) is 16.7. The van der Waals surface area contributed by atoms with E-state index in [1.165, 1.54) is 60.2 Å². The molecule has 0 N–H and O–H groups in total. The molecular formula is C45H28N4. The van der Waals surface area contributed by atoms with Gasteiger partial charge >= 0.3 is 0 Å². The van der Waals surface area contributed by atoms with Crippen molar-refractivity contribution in [2.45, 2.75) is 0 Å². The van der Waals surface area contributed by atoms with Gasteiger partial charge in [-0.05, 0) is 72.8 Å². The third-order valence-corrected chi connectivity index (χ3v) is 10.2. The highest BCUT2D eigenvalue weighted by Gasteiger charge is 2.19. The van der Waals surface area contributed by atoms with E-state index in [2.05, 4.69) is 183 Å². The molecule has 4 aromatic heterocycles. The zero-order valence-corrected chi connectivity index (χ0v) is 26.5. The Labute approximate surface area is 281 Å². The van der Waals surface area contributed by atoms with E-state index in [0.29, 0.717) is 0 Å². The van der Waals surface area contributed by atoms with Crippen LogP contribution in [-0.4, -0.2) is 18.5 Å². The van der Waals surface area contributed by atoms with Crippen molar-refractivity contribution in [1.29, 1.82) is 0 Å². The van der Waals surface area contributed by atoms with Crippen LogP contribution >= 0.6 is 0 Å². The zero-order chi connectivity index (χ0) is 32.1. The van der Waals surface area contributed by atoms with Crippen LogP contribution in [-0.2, 0) is 0 Å². The first-order valence-electron chi connectivity index (χ1n) is 16.7. The van der Waals surface area contributed by atoms with Gasteiger partial charge in [-0.25, -0.2) is 4.98 Å². The maximum atomic E-state index is 5.22. The van der Waals surface area contributed by atoms with Crippen molar-refractivity contribution in [3.63, 3.8) is 0 Å². The fourth-order valence-electron chi connectivity index (χ4n) is 8.06. The van der Waals surface area contributed by atoms with Crippen molar-refractivity contribution in [3.05, 3.63) is 170 Å². The second kappa shape index (κ2) is 9.93. The molecule has 0 saturated heterocycles. The third kappa shape index (κ3) is 3.71. The minimum atomic E-state index is 0.983. The fraction of sp³-hybridized carbons (Fsp3) is 0. The Morgan fingerprint density at radius 3 is 1.55 bits per heavy atom. The SMILES string of the molecule is c1ccc(-n2c3ccccc3c3cc4c(cc32)c2ccccc2n4-c2ccc(-c3nc4ccccc4n4c3cc3ccccc34)cc2)cc1. The van der Waals surface area contributed by atoms with E-state index in [1.54, 1.807) is 0 Å². The average Bonchev–Trinajstić information content (AvgIpc) is 3.82. The first kappa shape index (κ1) is 26.4. The maximum absolute atomic E-state index is 5.22. The van der Waals surface area contributed by atoms with Crippen LogP contribution in [0.1, 0.15) is 0 Å². The molecule has 4 nitrogen and oxygen atoms in total. The highest BCUT2D eigenvalue weighted by Crippen LogP contribution is 2.40. The van der Waals surface area contributed by atoms with Gasteiger partial charge in [-0.2, -0.15) is 0 Å². The zero-order valence-electron chi connectivity index (χ0n) is 26.5. The second-order valence-electron chi connectivity index (χ2n) is 12.8. The van der Waals surface area contributed by atoms with Gasteiger partial charge in [0.05, 0.1) is 49.8 Å². The maximum Gasteiger partial charge on any atom is 0.0950 e. The molecule has 4 heterocycles. The van der Waals surface area contributed by atoms with Crippen molar-refractivity contribution >= 4 is 71.1 Å². The predicted octanol–water partition coefficient (Wildman–Crippen LogP) is 11.5. The number of para-hydroxylation sites is 6. The number of hydrogen-bond acceptors (Lipinski definition) is 1. The van der Waals surface area contributed by atoms with Crippen molar-refractivity contribution < 1.29 is 0 Å². The van der Waals surface area contributed by atoms with Gasteiger partial charge in [0.15, 0.2) is 0 Å². The van der Waals surface area contributed by atoms with Crippen molar-refractivity contribution in [3.8, 4) is 22.6 Å². The number of nitrogens with zero attached hydrogens (tertiary/aromatic N) is 4. The topological polar surface area (TPSA) is 27.2 Å². The lowest BCUT2D eigenvalue weighted by Gasteiger charge is -2.12. The molecule has 0 amide bonds. The summed E-state index contributed by atoms with van der Waals surface area (Å²) < 4.78 is 7.16. The lowest BCUT2D eigenvalue weighted by Crippen LogP contribution is -1.97. The Hall–Kier alpha value is -6.65. The van der Waals surface area contributed by atoms with Gasteiger partial charge in [0.25, 0.3) is 0 Å². The molecule has 0 fully saturated rings. The standard InChI is InChI=1S/C45H28N4/c1-2-13-31(14-3-1)47-39-19-9-5-15-33(39)35-28-43-36(27-42(35)47)34-16-6-10-20-40(34)48(43)32-24-22-29(23-25-32)45-44-26-30-12-4-8-18-38(30)49(44)41-21-11-7-17-37(41)46-45/h1-28H. The summed E-state index contributed by atoms with van der Waals surface area (Å²) in [5.74, 6) is 0. The molecule has 4 heteroatoms. The average molecular weight is 625 g/mol. The molecule has 49 heavy (non-hydrogen) atoms.